The van der Waals surface area contributed by atoms with Crippen molar-refractivity contribution in [3.8, 4) is 0 Å². The number of hydrogen-bond donors (Lipinski definition) is 0. The number of carbonyl (C=O) groups excluding carboxylic acids is 1. The maximum atomic E-state index is 13.0. The zero-order valence-electron chi connectivity index (χ0n) is 15.4. The smallest absolute Gasteiger partial charge is 0.280 e. The van der Waals surface area contributed by atoms with Gasteiger partial charge in [0.15, 0.2) is 4.80 Å². The predicted octanol–water partition coefficient (Wildman–Crippen LogP) is 5.40. The van der Waals surface area contributed by atoms with Gasteiger partial charge in [-0.2, -0.15) is 4.99 Å². The molecule has 1 aromatic heterocycles. The summed E-state index contributed by atoms with van der Waals surface area (Å²) in [5.41, 5.74) is 4.14. The molecule has 4 rings (SSSR count). The Balaban J connectivity index is 1.94. The van der Waals surface area contributed by atoms with Crippen LogP contribution in [0, 0.1) is 13.8 Å². The summed E-state index contributed by atoms with van der Waals surface area (Å²) in [5.74, 6) is -0.217. The summed E-state index contributed by atoms with van der Waals surface area (Å²) < 4.78 is 3.21. The van der Waals surface area contributed by atoms with E-state index < -0.39 is 0 Å². The molecule has 0 fully saturated rings. The zero-order valence-corrected chi connectivity index (χ0v) is 16.2. The highest BCUT2D eigenvalue weighted by atomic mass is 32.1. The highest BCUT2D eigenvalue weighted by Gasteiger charge is 2.12. The van der Waals surface area contributed by atoms with Gasteiger partial charge >= 0.3 is 0 Å². The molecule has 0 saturated heterocycles. The summed E-state index contributed by atoms with van der Waals surface area (Å²) in [6.45, 7) is 8.66. The van der Waals surface area contributed by atoms with E-state index in [4.69, 9.17) is 0 Å². The van der Waals surface area contributed by atoms with Crippen molar-refractivity contribution in [1.29, 1.82) is 0 Å². The summed E-state index contributed by atoms with van der Waals surface area (Å²) in [4.78, 5) is 18.2. The molecule has 0 spiro atoms. The summed E-state index contributed by atoms with van der Waals surface area (Å²) in [6, 6.07) is 18.0. The second kappa shape index (κ2) is 6.97. The minimum absolute atomic E-state index is 0.217. The van der Waals surface area contributed by atoms with Crippen LogP contribution in [0.25, 0.3) is 21.0 Å². The molecule has 0 radical (unpaired) electrons. The number of allylic oxidation sites excluding steroid dienone is 1. The lowest BCUT2D eigenvalue weighted by Crippen LogP contribution is -2.16. The van der Waals surface area contributed by atoms with Gasteiger partial charge in [-0.15, -0.1) is 6.58 Å². The fourth-order valence-electron chi connectivity index (χ4n) is 3.53. The number of aromatic nitrogens is 1. The first kappa shape index (κ1) is 17.4. The molecule has 0 aliphatic rings. The van der Waals surface area contributed by atoms with E-state index in [9.17, 15) is 4.79 Å². The summed E-state index contributed by atoms with van der Waals surface area (Å²) in [7, 11) is 0. The second-order valence-electron chi connectivity index (χ2n) is 6.66. The highest BCUT2D eigenvalue weighted by Crippen LogP contribution is 2.24. The van der Waals surface area contributed by atoms with Gasteiger partial charge in [-0.3, -0.25) is 4.79 Å². The van der Waals surface area contributed by atoms with E-state index in [0.29, 0.717) is 16.9 Å². The average Bonchev–Trinajstić information content (AvgIpc) is 2.98. The fourth-order valence-corrected chi connectivity index (χ4v) is 4.75. The monoisotopic (exact) mass is 372 g/mol. The normalized spacial score (nSPS) is 12.0. The fraction of sp³-hybridized carbons (Fsp3) is 0.130. The lowest BCUT2D eigenvalue weighted by molar-refractivity contribution is 0.0999. The van der Waals surface area contributed by atoms with Crippen molar-refractivity contribution in [2.45, 2.75) is 20.4 Å². The molecule has 0 N–H and O–H groups in total. The minimum Gasteiger partial charge on any atom is -0.312 e. The maximum absolute atomic E-state index is 13.0. The molecule has 0 bridgehead atoms. The van der Waals surface area contributed by atoms with Gasteiger partial charge in [0.2, 0.25) is 0 Å². The van der Waals surface area contributed by atoms with E-state index >= 15 is 0 Å². The van der Waals surface area contributed by atoms with E-state index in [1.165, 1.54) is 11.1 Å². The van der Waals surface area contributed by atoms with Crippen molar-refractivity contribution in [1.82, 2.24) is 4.57 Å². The molecule has 3 aromatic carbocycles. The summed E-state index contributed by atoms with van der Waals surface area (Å²) >= 11 is 1.55. The van der Waals surface area contributed by atoms with Gasteiger partial charge in [0.25, 0.3) is 5.91 Å². The maximum Gasteiger partial charge on any atom is 0.280 e. The molecule has 0 atom stereocenters. The SMILES string of the molecule is C=CCn1c(=NC(=O)c2cccc3ccccc23)sc2cc(C)cc(C)c21. The third-order valence-electron chi connectivity index (χ3n) is 4.64. The predicted molar refractivity (Wildman–Crippen MR) is 113 cm³/mol. The molecule has 1 heterocycles. The molecular formula is C23H20N2OS. The van der Waals surface area contributed by atoms with Crippen LogP contribution in [0.3, 0.4) is 0 Å². The third-order valence-corrected chi connectivity index (χ3v) is 5.67. The molecule has 3 nitrogen and oxygen atoms in total. The number of benzene rings is 3. The first-order valence-corrected chi connectivity index (χ1v) is 9.68. The largest absolute Gasteiger partial charge is 0.312 e. The van der Waals surface area contributed by atoms with Crippen LogP contribution in [-0.4, -0.2) is 10.5 Å². The van der Waals surface area contributed by atoms with Gasteiger partial charge in [-0.1, -0.05) is 59.9 Å². The Hall–Kier alpha value is -2.98. The van der Waals surface area contributed by atoms with Gasteiger partial charge in [-0.05, 0) is 47.9 Å². The van der Waals surface area contributed by atoms with Crippen molar-refractivity contribution in [2.24, 2.45) is 4.99 Å². The number of aryl methyl sites for hydroxylation is 2. The van der Waals surface area contributed by atoms with E-state index in [1.54, 1.807) is 11.3 Å². The molecule has 0 aliphatic carbocycles. The highest BCUT2D eigenvalue weighted by molar-refractivity contribution is 7.16. The minimum atomic E-state index is -0.217. The first-order valence-electron chi connectivity index (χ1n) is 8.87. The second-order valence-corrected chi connectivity index (χ2v) is 7.67. The van der Waals surface area contributed by atoms with E-state index in [1.807, 2.05) is 48.5 Å². The van der Waals surface area contributed by atoms with Gasteiger partial charge in [-0.25, -0.2) is 0 Å². The molecule has 27 heavy (non-hydrogen) atoms. The van der Waals surface area contributed by atoms with Crippen molar-refractivity contribution < 1.29 is 4.79 Å². The number of nitrogens with zero attached hydrogens (tertiary/aromatic N) is 2. The number of rotatable bonds is 3. The number of fused-ring (bicyclic) bond motifs is 2. The molecule has 4 heteroatoms. The van der Waals surface area contributed by atoms with Gasteiger partial charge in [0.1, 0.15) is 0 Å². The van der Waals surface area contributed by atoms with Crippen molar-refractivity contribution >= 4 is 38.2 Å². The van der Waals surface area contributed by atoms with Crippen LogP contribution < -0.4 is 4.80 Å². The Kier molecular flexibility index (Phi) is 4.50. The van der Waals surface area contributed by atoms with Crippen LogP contribution >= 0.6 is 11.3 Å². The Morgan fingerprint density at radius 3 is 2.74 bits per heavy atom. The molecular weight excluding hydrogens is 352 g/mol. The Morgan fingerprint density at radius 1 is 1.15 bits per heavy atom. The van der Waals surface area contributed by atoms with Crippen LogP contribution in [0.2, 0.25) is 0 Å². The topological polar surface area (TPSA) is 34.4 Å². The Morgan fingerprint density at radius 2 is 1.93 bits per heavy atom. The van der Waals surface area contributed by atoms with Crippen molar-refractivity contribution in [3.63, 3.8) is 0 Å². The van der Waals surface area contributed by atoms with E-state index in [2.05, 4.69) is 42.1 Å². The van der Waals surface area contributed by atoms with E-state index in [0.717, 1.165) is 21.0 Å². The number of hydrogen-bond acceptors (Lipinski definition) is 2. The van der Waals surface area contributed by atoms with Crippen LogP contribution in [0.15, 0.2) is 72.2 Å². The summed E-state index contributed by atoms with van der Waals surface area (Å²) in [6.07, 6.45) is 1.84. The van der Waals surface area contributed by atoms with Crippen LogP contribution in [0.5, 0.6) is 0 Å². The summed E-state index contributed by atoms with van der Waals surface area (Å²) in [5, 5.41) is 1.97. The van der Waals surface area contributed by atoms with E-state index in [-0.39, 0.29) is 5.91 Å². The molecule has 0 unspecified atom stereocenters. The standard InChI is InChI=1S/C23H20N2OS/c1-4-12-25-21-16(3)13-15(2)14-20(21)27-23(25)24-22(26)19-11-7-9-17-8-5-6-10-18(17)19/h4-11,13-14H,1,12H2,2-3H3. The van der Waals surface area contributed by atoms with Crippen LogP contribution in [0.4, 0.5) is 0 Å². The lowest BCUT2D eigenvalue weighted by Gasteiger charge is -2.05. The first-order chi connectivity index (χ1) is 13.1. The van der Waals surface area contributed by atoms with Crippen LogP contribution in [0.1, 0.15) is 21.5 Å². The number of carbonyl (C=O) groups is 1. The Labute approximate surface area is 161 Å². The molecule has 4 aromatic rings. The number of thiazole rings is 1. The van der Waals surface area contributed by atoms with Gasteiger partial charge in [0.05, 0.1) is 10.2 Å². The quantitative estimate of drug-likeness (QED) is 0.443. The molecule has 1 amide bonds. The van der Waals surface area contributed by atoms with Crippen LogP contribution in [-0.2, 0) is 6.54 Å². The van der Waals surface area contributed by atoms with Crippen molar-refractivity contribution in [2.75, 3.05) is 0 Å². The molecule has 0 saturated carbocycles. The zero-order chi connectivity index (χ0) is 19.0. The molecule has 134 valence electrons. The Bertz CT molecular complexity index is 1260. The lowest BCUT2D eigenvalue weighted by atomic mass is 10.0. The van der Waals surface area contributed by atoms with Crippen molar-refractivity contribution in [3.05, 3.63) is 88.7 Å². The molecule has 0 aliphatic heterocycles. The average molecular weight is 372 g/mol. The third kappa shape index (κ3) is 3.13. The van der Waals surface area contributed by atoms with Gasteiger partial charge < -0.3 is 4.57 Å². The van der Waals surface area contributed by atoms with Gasteiger partial charge in [0, 0.05) is 12.1 Å². The number of amides is 1.